The third-order valence-corrected chi connectivity index (χ3v) is 6.19. The molecule has 0 N–H and O–H groups in total. The van der Waals surface area contributed by atoms with Crippen LogP contribution in [-0.2, 0) is 0 Å². The van der Waals surface area contributed by atoms with Crippen molar-refractivity contribution in [3.63, 3.8) is 0 Å². The zero-order valence-electron chi connectivity index (χ0n) is 19.7. The van der Waals surface area contributed by atoms with Gasteiger partial charge in [0, 0.05) is 37.3 Å². The zero-order valence-corrected chi connectivity index (χ0v) is 20.4. The summed E-state index contributed by atoms with van der Waals surface area (Å²) in [5, 5.41) is 4.49. The number of carbonyl (C=O) groups is 1. The van der Waals surface area contributed by atoms with Crippen LogP contribution in [0.25, 0.3) is 11.4 Å². The minimum atomic E-state index is -0.0845. The summed E-state index contributed by atoms with van der Waals surface area (Å²) in [4.78, 5) is 21.8. The maximum absolute atomic E-state index is 13.2. The highest BCUT2D eigenvalue weighted by molar-refractivity contribution is 6.32. The fraction of sp³-hybridized carbons (Fsp3) is 0.400. The number of carbonyl (C=O) groups excluding carboxylic acids is 1. The molecular weight excluding hydrogens is 456 g/mol. The molecule has 3 aromatic rings. The van der Waals surface area contributed by atoms with E-state index in [1.165, 1.54) is 0 Å². The van der Waals surface area contributed by atoms with Gasteiger partial charge in [-0.15, -0.1) is 0 Å². The highest BCUT2D eigenvalue weighted by Crippen LogP contribution is 2.37. The van der Waals surface area contributed by atoms with Crippen LogP contribution in [0.15, 0.2) is 47.0 Å². The van der Waals surface area contributed by atoms with Crippen LogP contribution in [0.2, 0.25) is 5.02 Å². The third-order valence-electron chi connectivity index (χ3n) is 5.91. The molecule has 1 aromatic heterocycles. The highest BCUT2D eigenvalue weighted by atomic mass is 35.5. The van der Waals surface area contributed by atoms with E-state index >= 15 is 0 Å². The molecule has 0 bridgehead atoms. The van der Waals surface area contributed by atoms with E-state index < -0.39 is 0 Å². The zero-order chi connectivity index (χ0) is 24.1. The smallest absolute Gasteiger partial charge is 0.254 e. The first-order valence-electron chi connectivity index (χ1n) is 11.4. The van der Waals surface area contributed by atoms with Crippen LogP contribution in [0, 0.1) is 0 Å². The van der Waals surface area contributed by atoms with Crippen LogP contribution in [0.5, 0.6) is 11.5 Å². The number of piperazine rings is 1. The molecule has 180 valence electrons. The summed E-state index contributed by atoms with van der Waals surface area (Å²) in [6, 6.07) is 13.0. The second-order valence-electron chi connectivity index (χ2n) is 8.16. The lowest BCUT2D eigenvalue weighted by Crippen LogP contribution is -2.49. The van der Waals surface area contributed by atoms with E-state index in [2.05, 4.69) is 15.0 Å². The fourth-order valence-electron chi connectivity index (χ4n) is 3.95. The van der Waals surface area contributed by atoms with Gasteiger partial charge in [-0.3, -0.25) is 9.69 Å². The maximum Gasteiger partial charge on any atom is 0.254 e. The number of amides is 1. The van der Waals surface area contributed by atoms with Crippen LogP contribution in [0.3, 0.4) is 0 Å². The first kappa shape index (κ1) is 24.0. The van der Waals surface area contributed by atoms with E-state index in [-0.39, 0.29) is 11.9 Å². The number of hydrogen-bond donors (Lipinski definition) is 0. The molecule has 8 nitrogen and oxygen atoms in total. The molecule has 0 saturated carbocycles. The number of halogens is 1. The average molecular weight is 485 g/mol. The van der Waals surface area contributed by atoms with Crippen molar-refractivity contribution in [2.45, 2.75) is 26.3 Å². The van der Waals surface area contributed by atoms with Crippen molar-refractivity contribution < 1.29 is 18.8 Å². The van der Waals surface area contributed by atoms with Gasteiger partial charge in [0.1, 0.15) is 0 Å². The van der Waals surface area contributed by atoms with Gasteiger partial charge in [-0.1, -0.05) is 54.0 Å². The Balaban J connectivity index is 1.39. The lowest BCUT2D eigenvalue weighted by Gasteiger charge is -2.36. The first-order valence-corrected chi connectivity index (χ1v) is 11.8. The van der Waals surface area contributed by atoms with E-state index in [9.17, 15) is 4.79 Å². The summed E-state index contributed by atoms with van der Waals surface area (Å²) in [5.74, 6) is 1.99. The largest absolute Gasteiger partial charge is 0.493 e. The fourth-order valence-corrected chi connectivity index (χ4v) is 4.21. The summed E-state index contributed by atoms with van der Waals surface area (Å²) in [6.07, 6.45) is 0.847. The molecule has 0 aliphatic carbocycles. The molecule has 1 aliphatic heterocycles. The predicted molar refractivity (Wildman–Crippen MR) is 129 cm³/mol. The molecule has 1 saturated heterocycles. The standard InChI is InChI=1S/C25H29ClN4O4/c1-4-14-33-22-20(26)15-19(16-21(22)32-3)25(31)30-12-10-29(11-13-30)17(2)24-27-23(28-34-24)18-8-6-5-7-9-18/h5-9,15-17H,4,10-14H2,1-3H3. The monoisotopic (exact) mass is 484 g/mol. The van der Waals surface area contributed by atoms with E-state index in [0.29, 0.717) is 66.6 Å². The molecule has 2 heterocycles. The van der Waals surface area contributed by atoms with Gasteiger partial charge in [0.15, 0.2) is 11.5 Å². The Morgan fingerprint density at radius 1 is 1.18 bits per heavy atom. The third kappa shape index (κ3) is 5.18. The summed E-state index contributed by atoms with van der Waals surface area (Å²) in [6.45, 7) is 7.13. The topological polar surface area (TPSA) is 80.9 Å². The molecule has 0 radical (unpaired) electrons. The lowest BCUT2D eigenvalue weighted by molar-refractivity contribution is 0.0551. The molecule has 2 aromatic carbocycles. The Bertz CT molecular complexity index is 1110. The van der Waals surface area contributed by atoms with Crippen molar-refractivity contribution in [3.8, 4) is 22.9 Å². The molecule has 9 heteroatoms. The average Bonchev–Trinajstić information content (AvgIpc) is 3.38. The Labute approximate surface area is 204 Å². The Hall–Kier alpha value is -3.10. The SMILES string of the molecule is CCCOc1c(Cl)cc(C(=O)N2CCN(C(C)c3nc(-c4ccccc4)no3)CC2)cc1OC. The van der Waals surface area contributed by atoms with Gasteiger partial charge in [0.2, 0.25) is 11.7 Å². The molecule has 1 fully saturated rings. The summed E-state index contributed by atoms with van der Waals surface area (Å²) < 4.78 is 16.6. The van der Waals surface area contributed by atoms with Crippen molar-refractivity contribution in [1.82, 2.24) is 19.9 Å². The lowest BCUT2D eigenvalue weighted by atomic mass is 10.1. The Morgan fingerprint density at radius 2 is 1.91 bits per heavy atom. The second-order valence-corrected chi connectivity index (χ2v) is 8.57. The number of benzene rings is 2. The number of hydrogen-bond acceptors (Lipinski definition) is 7. The van der Waals surface area contributed by atoms with Crippen LogP contribution < -0.4 is 9.47 Å². The molecule has 4 rings (SSSR count). The van der Waals surface area contributed by atoms with E-state index in [1.807, 2.05) is 49.1 Å². The summed E-state index contributed by atoms with van der Waals surface area (Å²) in [5.41, 5.74) is 1.40. The molecule has 1 atom stereocenters. The van der Waals surface area contributed by atoms with Crippen molar-refractivity contribution in [3.05, 3.63) is 58.9 Å². The van der Waals surface area contributed by atoms with Gasteiger partial charge in [-0.2, -0.15) is 4.98 Å². The molecule has 34 heavy (non-hydrogen) atoms. The van der Waals surface area contributed by atoms with Gasteiger partial charge >= 0.3 is 0 Å². The van der Waals surface area contributed by atoms with Crippen LogP contribution >= 0.6 is 11.6 Å². The number of aromatic nitrogens is 2. The van der Waals surface area contributed by atoms with Gasteiger partial charge in [0.05, 0.1) is 24.8 Å². The molecular formula is C25H29ClN4O4. The van der Waals surface area contributed by atoms with Gasteiger partial charge < -0.3 is 18.9 Å². The number of nitrogens with zero attached hydrogens (tertiary/aromatic N) is 4. The maximum atomic E-state index is 13.2. The molecule has 1 aliphatic rings. The van der Waals surface area contributed by atoms with Gasteiger partial charge in [-0.05, 0) is 25.5 Å². The highest BCUT2D eigenvalue weighted by Gasteiger charge is 2.29. The number of methoxy groups -OCH3 is 1. The van der Waals surface area contributed by atoms with Crippen LogP contribution in [-0.4, -0.2) is 65.7 Å². The van der Waals surface area contributed by atoms with Crippen LogP contribution in [0.4, 0.5) is 0 Å². The van der Waals surface area contributed by atoms with Crippen molar-refractivity contribution in [2.24, 2.45) is 0 Å². The Morgan fingerprint density at radius 3 is 2.59 bits per heavy atom. The van der Waals surface area contributed by atoms with Gasteiger partial charge in [-0.25, -0.2) is 0 Å². The van der Waals surface area contributed by atoms with E-state index in [0.717, 1.165) is 12.0 Å². The van der Waals surface area contributed by atoms with Crippen molar-refractivity contribution >= 4 is 17.5 Å². The minimum absolute atomic E-state index is 0.0493. The normalized spacial score (nSPS) is 15.2. The predicted octanol–water partition coefficient (Wildman–Crippen LogP) is 4.71. The van der Waals surface area contributed by atoms with Crippen molar-refractivity contribution in [2.75, 3.05) is 39.9 Å². The van der Waals surface area contributed by atoms with E-state index in [4.69, 9.17) is 25.6 Å². The molecule has 0 spiro atoms. The summed E-state index contributed by atoms with van der Waals surface area (Å²) in [7, 11) is 1.54. The number of ether oxygens (including phenoxy) is 2. The van der Waals surface area contributed by atoms with E-state index in [1.54, 1.807) is 19.2 Å². The minimum Gasteiger partial charge on any atom is -0.493 e. The van der Waals surface area contributed by atoms with Crippen LogP contribution in [0.1, 0.15) is 42.6 Å². The first-order chi connectivity index (χ1) is 16.5. The number of rotatable bonds is 8. The second kappa shape index (κ2) is 10.9. The molecule has 1 amide bonds. The quantitative estimate of drug-likeness (QED) is 0.458. The van der Waals surface area contributed by atoms with Gasteiger partial charge in [0.25, 0.3) is 5.91 Å². The summed E-state index contributed by atoms with van der Waals surface area (Å²) >= 11 is 6.40. The Kier molecular flexibility index (Phi) is 7.70. The van der Waals surface area contributed by atoms with Crippen molar-refractivity contribution in [1.29, 1.82) is 0 Å². The molecule has 1 unspecified atom stereocenters.